The fraction of sp³-hybridized carbons (Fsp3) is 0.500. The second-order valence-corrected chi connectivity index (χ2v) is 3.59. The van der Waals surface area contributed by atoms with Gasteiger partial charge in [0.05, 0.1) is 0 Å². The first-order valence-corrected chi connectivity index (χ1v) is 4.70. The van der Waals surface area contributed by atoms with Gasteiger partial charge in [0.25, 0.3) is 0 Å². The van der Waals surface area contributed by atoms with Gasteiger partial charge in [0, 0.05) is 0 Å². The average molecular weight is 226 g/mol. The van der Waals surface area contributed by atoms with E-state index in [9.17, 15) is 19.2 Å². The van der Waals surface area contributed by atoms with E-state index in [2.05, 4.69) is 10.6 Å². The molecule has 86 valence electrons. The summed E-state index contributed by atoms with van der Waals surface area (Å²) in [5, 5.41) is 4.20. The highest BCUT2D eigenvalue weighted by Crippen LogP contribution is 2.12. The second-order valence-electron chi connectivity index (χ2n) is 3.59. The molecule has 0 aromatic rings. The number of nitrogens with one attached hydrogen (secondary N) is 2. The summed E-state index contributed by atoms with van der Waals surface area (Å²) in [5.41, 5.74) is 0. The first-order valence-electron chi connectivity index (χ1n) is 4.70. The molecular weight excluding hydrogens is 216 g/mol. The first kappa shape index (κ1) is 10.4. The Kier molecular flexibility index (Phi) is 2.26. The van der Waals surface area contributed by atoms with Gasteiger partial charge in [0.2, 0.25) is 11.8 Å². The quantitative estimate of drug-likeness (QED) is 0.556. The third kappa shape index (κ3) is 1.58. The van der Waals surface area contributed by atoms with Crippen molar-refractivity contribution in [2.24, 2.45) is 0 Å². The van der Waals surface area contributed by atoms with Crippen LogP contribution in [-0.2, 0) is 9.59 Å². The van der Waals surface area contributed by atoms with Crippen LogP contribution in [0.3, 0.4) is 0 Å². The van der Waals surface area contributed by atoms with Gasteiger partial charge in [-0.1, -0.05) is 0 Å². The van der Waals surface area contributed by atoms with Crippen LogP contribution >= 0.6 is 0 Å². The number of carbonyl (C=O) groups excluding carboxylic acids is 4. The molecule has 0 radical (unpaired) electrons. The van der Waals surface area contributed by atoms with Crippen molar-refractivity contribution in [3.8, 4) is 0 Å². The number of urea groups is 2. The maximum Gasteiger partial charge on any atom is 0.326 e. The van der Waals surface area contributed by atoms with Gasteiger partial charge < -0.3 is 0 Å². The van der Waals surface area contributed by atoms with Crippen molar-refractivity contribution >= 4 is 23.9 Å². The van der Waals surface area contributed by atoms with E-state index in [1.54, 1.807) is 6.92 Å². The van der Waals surface area contributed by atoms with Crippen molar-refractivity contribution in [1.29, 1.82) is 0 Å². The normalized spacial score (nSPS) is 20.9. The zero-order valence-electron chi connectivity index (χ0n) is 8.52. The van der Waals surface area contributed by atoms with Crippen LogP contribution in [0.1, 0.15) is 6.92 Å². The zero-order chi connectivity index (χ0) is 11.9. The van der Waals surface area contributed by atoms with Gasteiger partial charge in [-0.05, 0) is 6.92 Å². The molecule has 2 rings (SSSR count). The highest BCUT2D eigenvalue weighted by Gasteiger charge is 2.38. The molecular formula is C8H10N4O4. The van der Waals surface area contributed by atoms with Gasteiger partial charge in [-0.25, -0.2) is 9.59 Å². The van der Waals surface area contributed by atoms with Crippen LogP contribution in [0.4, 0.5) is 9.59 Å². The van der Waals surface area contributed by atoms with E-state index >= 15 is 0 Å². The van der Waals surface area contributed by atoms with Crippen molar-refractivity contribution in [1.82, 2.24) is 20.4 Å². The lowest BCUT2D eigenvalue weighted by atomic mass is 10.4. The highest BCUT2D eigenvalue weighted by atomic mass is 16.2. The lowest BCUT2D eigenvalue weighted by molar-refractivity contribution is -0.118. The Morgan fingerprint density at radius 1 is 0.938 bits per heavy atom. The van der Waals surface area contributed by atoms with E-state index in [-0.39, 0.29) is 13.1 Å². The van der Waals surface area contributed by atoms with Gasteiger partial charge in [0.1, 0.15) is 19.3 Å². The molecule has 2 aliphatic heterocycles. The maximum atomic E-state index is 11.3. The summed E-state index contributed by atoms with van der Waals surface area (Å²) >= 11 is 0. The van der Waals surface area contributed by atoms with Crippen LogP contribution in [0.15, 0.2) is 0 Å². The molecule has 0 unspecified atom stereocenters. The largest absolute Gasteiger partial charge is 0.326 e. The van der Waals surface area contributed by atoms with E-state index < -0.39 is 30.0 Å². The minimum Gasteiger partial charge on any atom is -0.295 e. The van der Waals surface area contributed by atoms with Crippen molar-refractivity contribution < 1.29 is 19.2 Å². The summed E-state index contributed by atoms with van der Waals surface area (Å²) < 4.78 is 0. The van der Waals surface area contributed by atoms with E-state index in [1.807, 2.05) is 0 Å². The van der Waals surface area contributed by atoms with E-state index in [1.165, 1.54) is 9.80 Å². The molecule has 0 aromatic heterocycles. The molecule has 0 spiro atoms. The Hall–Kier alpha value is -2.12. The van der Waals surface area contributed by atoms with Crippen LogP contribution < -0.4 is 10.6 Å². The summed E-state index contributed by atoms with van der Waals surface area (Å²) in [7, 11) is 0. The Morgan fingerprint density at radius 3 is 1.56 bits per heavy atom. The molecule has 2 heterocycles. The fourth-order valence-electron chi connectivity index (χ4n) is 1.69. The van der Waals surface area contributed by atoms with Crippen molar-refractivity contribution in [3.63, 3.8) is 0 Å². The lowest BCUT2D eigenvalue weighted by Crippen LogP contribution is -2.49. The fourth-order valence-corrected chi connectivity index (χ4v) is 1.69. The zero-order valence-corrected chi connectivity index (χ0v) is 8.52. The Bertz CT molecular complexity index is 357. The summed E-state index contributed by atoms with van der Waals surface area (Å²) in [4.78, 5) is 47.0. The lowest BCUT2D eigenvalue weighted by Gasteiger charge is -2.29. The van der Waals surface area contributed by atoms with Crippen molar-refractivity contribution in [3.05, 3.63) is 0 Å². The van der Waals surface area contributed by atoms with Gasteiger partial charge in [-0.15, -0.1) is 0 Å². The summed E-state index contributed by atoms with van der Waals surface area (Å²) in [5.74, 6) is -0.828. The van der Waals surface area contributed by atoms with Gasteiger partial charge in [-0.2, -0.15) is 0 Å². The van der Waals surface area contributed by atoms with Gasteiger partial charge >= 0.3 is 12.1 Å². The van der Waals surface area contributed by atoms with E-state index in [0.29, 0.717) is 0 Å². The van der Waals surface area contributed by atoms with Gasteiger partial charge in [0.15, 0.2) is 0 Å². The highest BCUT2D eigenvalue weighted by molar-refractivity contribution is 6.04. The number of rotatable bonds is 2. The third-order valence-corrected chi connectivity index (χ3v) is 2.54. The van der Waals surface area contributed by atoms with E-state index in [4.69, 9.17) is 0 Å². The first-order chi connectivity index (χ1) is 7.49. The topological polar surface area (TPSA) is 98.8 Å². The predicted molar refractivity (Wildman–Crippen MR) is 50.0 cm³/mol. The molecule has 0 atom stereocenters. The van der Waals surface area contributed by atoms with Crippen LogP contribution in [0.25, 0.3) is 0 Å². The minimum absolute atomic E-state index is 0.0992. The predicted octanol–water partition coefficient (Wildman–Crippen LogP) is -1.56. The van der Waals surface area contributed by atoms with Gasteiger partial charge in [-0.3, -0.25) is 30.0 Å². The van der Waals surface area contributed by atoms with Crippen LogP contribution in [-0.4, -0.2) is 52.9 Å². The smallest absolute Gasteiger partial charge is 0.295 e. The molecule has 16 heavy (non-hydrogen) atoms. The van der Waals surface area contributed by atoms with Crippen molar-refractivity contribution in [2.45, 2.75) is 13.1 Å². The minimum atomic E-state index is -0.627. The molecule has 2 fully saturated rings. The Balaban J connectivity index is 2.10. The molecule has 8 heteroatoms. The molecule has 0 saturated carbocycles. The number of amides is 6. The number of carbonyl (C=O) groups is 4. The SMILES string of the molecule is CC(N1CC(=O)NC1=O)N1CC(=O)NC1=O. The van der Waals surface area contributed by atoms with Crippen LogP contribution in [0.2, 0.25) is 0 Å². The van der Waals surface area contributed by atoms with Crippen molar-refractivity contribution in [2.75, 3.05) is 13.1 Å². The summed E-state index contributed by atoms with van der Waals surface area (Å²) in [6.45, 7) is 1.38. The second kappa shape index (κ2) is 3.47. The third-order valence-electron chi connectivity index (χ3n) is 2.54. The molecule has 8 nitrogen and oxygen atoms in total. The molecule has 6 amide bonds. The molecule has 2 aliphatic rings. The molecule has 0 aliphatic carbocycles. The van der Waals surface area contributed by atoms with Crippen LogP contribution in [0, 0.1) is 0 Å². The number of nitrogens with zero attached hydrogens (tertiary/aromatic N) is 2. The molecule has 0 bridgehead atoms. The molecule has 2 N–H and O–H groups in total. The number of hydrogen-bond acceptors (Lipinski definition) is 4. The molecule has 2 saturated heterocycles. The average Bonchev–Trinajstić information content (AvgIpc) is 2.68. The number of imide groups is 2. The Labute approximate surface area is 90.5 Å². The molecule has 0 aromatic carbocycles. The number of hydrogen-bond donors (Lipinski definition) is 2. The maximum absolute atomic E-state index is 11.3. The summed E-state index contributed by atoms with van der Waals surface area (Å²) in [6, 6.07) is -1.10. The van der Waals surface area contributed by atoms with E-state index in [0.717, 1.165) is 0 Å². The standard InChI is InChI=1S/C8H10N4O4/c1-4(11-2-5(13)9-7(11)15)12-3-6(14)10-8(12)16/h4H,2-3H2,1H3,(H,9,13,15)(H,10,14,16). The summed E-state index contributed by atoms with van der Waals surface area (Å²) in [6.07, 6.45) is -0.627. The monoisotopic (exact) mass is 226 g/mol. The Morgan fingerprint density at radius 2 is 1.31 bits per heavy atom. The van der Waals surface area contributed by atoms with Crippen LogP contribution in [0.5, 0.6) is 0 Å².